The van der Waals surface area contributed by atoms with Crippen molar-refractivity contribution in [3.8, 4) is 6.07 Å². The van der Waals surface area contributed by atoms with Crippen LogP contribution in [0.15, 0.2) is 24.4 Å². The van der Waals surface area contributed by atoms with Gasteiger partial charge < -0.3 is 19.9 Å². The van der Waals surface area contributed by atoms with Gasteiger partial charge >= 0.3 is 0 Å². The number of nitrogens with zero attached hydrogens (tertiary/aromatic N) is 4. The maximum Gasteiger partial charge on any atom is 0.291 e. The number of allylic oxidation sites excluding steroid dienone is 2. The van der Waals surface area contributed by atoms with E-state index < -0.39 is 11.5 Å². The fourth-order valence-corrected chi connectivity index (χ4v) is 5.33. The van der Waals surface area contributed by atoms with Crippen LogP contribution in [-0.4, -0.2) is 53.0 Å². The van der Waals surface area contributed by atoms with Gasteiger partial charge in [-0.2, -0.15) is 5.26 Å². The topological polar surface area (TPSA) is 107 Å². The largest absolute Gasteiger partial charge is 0.369 e. The van der Waals surface area contributed by atoms with Crippen molar-refractivity contribution in [2.45, 2.75) is 70.8 Å². The van der Waals surface area contributed by atoms with Crippen molar-refractivity contribution in [3.63, 3.8) is 0 Å². The molecule has 2 aromatic rings. The molecule has 1 fully saturated rings. The fourth-order valence-electron chi connectivity index (χ4n) is 5.33. The molecule has 4 rings (SSSR count). The summed E-state index contributed by atoms with van der Waals surface area (Å²) in [5.41, 5.74) is 3.59. The molecule has 0 radical (unpaired) electrons. The second-order valence-electron chi connectivity index (χ2n) is 11.0. The molecule has 2 aliphatic carbocycles. The highest BCUT2D eigenvalue weighted by Crippen LogP contribution is 2.50. The van der Waals surface area contributed by atoms with Gasteiger partial charge in [-0.3, -0.25) is 4.79 Å². The zero-order chi connectivity index (χ0) is 25.8. The third-order valence-corrected chi connectivity index (χ3v) is 7.56. The zero-order valence-electron chi connectivity index (χ0n) is 22.0. The van der Waals surface area contributed by atoms with E-state index in [0.29, 0.717) is 17.7 Å². The molecular weight excluding hydrogens is 452 g/mol. The Bertz CT molecular complexity index is 1150. The number of carbonyl (C=O) groups excluding carboxylic acids is 1. The highest BCUT2D eigenvalue weighted by atomic mass is 16.5. The number of nitrogens with one attached hydrogen (secondary N) is 2. The van der Waals surface area contributed by atoms with Gasteiger partial charge in [0.15, 0.2) is 5.82 Å². The number of hydrogen-bond donors (Lipinski definition) is 2. The first kappa shape index (κ1) is 26.1. The van der Waals surface area contributed by atoms with Crippen LogP contribution in [0.25, 0.3) is 5.57 Å². The quantitative estimate of drug-likeness (QED) is 0.464. The van der Waals surface area contributed by atoms with Crippen molar-refractivity contribution in [2.75, 3.05) is 32.6 Å². The summed E-state index contributed by atoms with van der Waals surface area (Å²) in [6, 6.07) is 5.81. The van der Waals surface area contributed by atoms with E-state index in [9.17, 15) is 4.79 Å². The Hall–Kier alpha value is -3.02. The van der Waals surface area contributed by atoms with Gasteiger partial charge in [0.2, 0.25) is 0 Å². The van der Waals surface area contributed by atoms with Gasteiger partial charge in [0.25, 0.3) is 5.91 Å². The number of ether oxygens (including phenoxy) is 1. The lowest BCUT2D eigenvalue weighted by Crippen LogP contribution is -2.26. The molecule has 36 heavy (non-hydrogen) atoms. The molecule has 192 valence electrons. The number of nitriles is 1. The van der Waals surface area contributed by atoms with E-state index in [1.807, 2.05) is 32.0 Å². The van der Waals surface area contributed by atoms with Crippen molar-refractivity contribution in [2.24, 2.45) is 5.41 Å². The predicted octanol–water partition coefficient (Wildman–Crippen LogP) is 5.26. The molecule has 2 heterocycles. The van der Waals surface area contributed by atoms with E-state index >= 15 is 0 Å². The highest BCUT2D eigenvalue weighted by Gasteiger charge is 2.36. The summed E-state index contributed by atoms with van der Waals surface area (Å²) in [5.74, 6) is -0.288. The molecule has 2 aromatic heterocycles. The maximum absolute atomic E-state index is 12.9. The second-order valence-corrected chi connectivity index (χ2v) is 11.0. The minimum Gasteiger partial charge on any atom is -0.369 e. The average Bonchev–Trinajstić information content (AvgIpc) is 3.53. The van der Waals surface area contributed by atoms with Crippen molar-refractivity contribution >= 4 is 17.2 Å². The van der Waals surface area contributed by atoms with Crippen LogP contribution in [0.1, 0.15) is 92.9 Å². The fraction of sp³-hybridized carbons (Fsp3) is 0.571. The number of hydrogen-bond acceptors (Lipinski definition) is 6. The van der Waals surface area contributed by atoms with Crippen molar-refractivity contribution < 1.29 is 9.53 Å². The van der Waals surface area contributed by atoms with Crippen LogP contribution in [0.4, 0.5) is 5.69 Å². The normalized spacial score (nSPS) is 17.3. The van der Waals surface area contributed by atoms with Crippen LogP contribution in [-0.2, 0) is 10.3 Å². The van der Waals surface area contributed by atoms with E-state index in [1.54, 1.807) is 0 Å². The van der Waals surface area contributed by atoms with Crippen LogP contribution in [0.2, 0.25) is 0 Å². The van der Waals surface area contributed by atoms with Crippen LogP contribution in [0.5, 0.6) is 0 Å². The van der Waals surface area contributed by atoms with Crippen LogP contribution < -0.4 is 5.32 Å². The minimum absolute atomic E-state index is 0.105. The summed E-state index contributed by atoms with van der Waals surface area (Å²) in [6.07, 6.45) is 13.1. The molecule has 0 aromatic carbocycles. The molecule has 1 spiro atoms. The first-order valence-corrected chi connectivity index (χ1v) is 13.0. The van der Waals surface area contributed by atoms with E-state index in [0.717, 1.165) is 43.6 Å². The third kappa shape index (κ3) is 6.03. The van der Waals surface area contributed by atoms with Crippen molar-refractivity contribution in [1.29, 1.82) is 5.26 Å². The number of rotatable bonds is 9. The summed E-state index contributed by atoms with van der Waals surface area (Å²) >= 11 is 0. The summed E-state index contributed by atoms with van der Waals surface area (Å²) in [5, 5.41) is 12.0. The monoisotopic (exact) mass is 490 g/mol. The summed E-state index contributed by atoms with van der Waals surface area (Å²) in [6.45, 7) is 5.70. The van der Waals surface area contributed by atoms with Crippen LogP contribution in [0, 0.1) is 16.7 Å². The van der Waals surface area contributed by atoms with Gasteiger partial charge in [0.1, 0.15) is 17.4 Å². The van der Waals surface area contributed by atoms with E-state index in [4.69, 9.17) is 15.0 Å². The molecule has 8 heteroatoms. The number of anilines is 1. The van der Waals surface area contributed by atoms with Gasteiger partial charge in [-0.15, -0.1) is 0 Å². The number of aromatic amines is 1. The summed E-state index contributed by atoms with van der Waals surface area (Å²) < 4.78 is 6.25. The van der Waals surface area contributed by atoms with E-state index in [1.165, 1.54) is 37.5 Å². The van der Waals surface area contributed by atoms with Gasteiger partial charge in [-0.05, 0) is 96.1 Å². The number of pyridine rings is 1. The molecule has 0 aliphatic heterocycles. The average molecular weight is 491 g/mol. The molecule has 1 saturated carbocycles. The Morgan fingerprint density at radius 1 is 1.28 bits per heavy atom. The van der Waals surface area contributed by atoms with Gasteiger partial charge in [-0.25, -0.2) is 9.97 Å². The number of H-pyrrole nitrogens is 1. The number of imidazole rings is 1. The summed E-state index contributed by atoms with van der Waals surface area (Å²) in [7, 11) is 4.12. The Labute approximate surface area is 214 Å². The highest BCUT2D eigenvalue weighted by molar-refractivity contribution is 6.03. The molecule has 0 bridgehead atoms. The molecular formula is C28H38N6O2. The standard InChI is InChI=1S/C28H38N6O2/c1-27(2,36-17-7-16-34(3)4)23-9-8-22(32-26(35)25-30-19-21(18-29)31-25)24(33-23)20-10-14-28(15-11-20)12-5-6-13-28/h8-10,19H,5-7,11-17H2,1-4H3,(H,30,31)(H,32,35). The van der Waals surface area contributed by atoms with Gasteiger partial charge in [0.05, 0.1) is 23.3 Å². The molecule has 0 atom stereocenters. The molecule has 0 saturated heterocycles. The number of aromatic nitrogens is 3. The molecule has 2 aliphatic rings. The number of carbonyl (C=O) groups is 1. The van der Waals surface area contributed by atoms with E-state index in [-0.39, 0.29) is 11.5 Å². The van der Waals surface area contributed by atoms with Gasteiger partial charge in [-0.1, -0.05) is 18.9 Å². The van der Waals surface area contributed by atoms with E-state index in [2.05, 4.69) is 40.4 Å². The first-order valence-electron chi connectivity index (χ1n) is 13.0. The molecule has 2 N–H and O–H groups in total. The van der Waals surface area contributed by atoms with Crippen LogP contribution in [0.3, 0.4) is 0 Å². The number of amides is 1. The molecule has 8 nitrogen and oxygen atoms in total. The third-order valence-electron chi connectivity index (χ3n) is 7.56. The lowest BCUT2D eigenvalue weighted by Gasteiger charge is -2.33. The first-order chi connectivity index (χ1) is 17.2. The maximum atomic E-state index is 12.9. The van der Waals surface area contributed by atoms with Gasteiger partial charge in [0, 0.05) is 6.61 Å². The smallest absolute Gasteiger partial charge is 0.291 e. The van der Waals surface area contributed by atoms with Crippen molar-refractivity contribution in [3.05, 3.63) is 47.3 Å². The summed E-state index contributed by atoms with van der Waals surface area (Å²) in [4.78, 5) is 26.9. The SMILES string of the molecule is CN(C)CCCOC(C)(C)c1ccc(NC(=O)c2ncc(C#N)[nH]2)c(C2=CCC3(CCCC3)CC2)n1. The lowest BCUT2D eigenvalue weighted by atomic mass is 9.73. The zero-order valence-corrected chi connectivity index (χ0v) is 22.0. The molecule has 1 amide bonds. The van der Waals surface area contributed by atoms with Crippen molar-refractivity contribution in [1.82, 2.24) is 19.9 Å². The minimum atomic E-state index is -0.561. The Morgan fingerprint density at radius 2 is 2.06 bits per heavy atom. The predicted molar refractivity (Wildman–Crippen MR) is 140 cm³/mol. The Balaban J connectivity index is 1.60. The van der Waals surface area contributed by atoms with Crippen LogP contribution >= 0.6 is 0 Å². The Morgan fingerprint density at radius 3 is 2.69 bits per heavy atom. The lowest BCUT2D eigenvalue weighted by molar-refractivity contribution is -0.0274. The molecule has 0 unspecified atom stereocenters. The Kier molecular flexibility index (Phi) is 7.91. The second kappa shape index (κ2) is 10.9.